The zero-order chi connectivity index (χ0) is 46.5. The van der Waals surface area contributed by atoms with Crippen LogP contribution in [-0.4, -0.2) is 47.4 Å². The second kappa shape index (κ2) is 54.2. The molecule has 0 spiro atoms. The van der Waals surface area contributed by atoms with Crippen LogP contribution in [0.2, 0.25) is 0 Å². The van der Waals surface area contributed by atoms with E-state index in [1.54, 1.807) is 6.08 Å². The van der Waals surface area contributed by atoms with E-state index in [1.165, 1.54) is 257 Å². The SMILES string of the molecule is CCCCCCCCC/C=C/C(O)C(CO)NC(=O)CCCCCCCCCCCCCCCCCCCCCCCCCCCCCOC(=O)CCCCCCCCCCCCC. The Labute approximate surface area is 399 Å². The molecule has 0 fully saturated rings. The van der Waals surface area contributed by atoms with Crippen LogP contribution in [0.5, 0.6) is 0 Å². The van der Waals surface area contributed by atoms with Gasteiger partial charge in [-0.1, -0.05) is 289 Å². The van der Waals surface area contributed by atoms with Crippen molar-refractivity contribution in [2.24, 2.45) is 0 Å². The van der Waals surface area contributed by atoms with Gasteiger partial charge in [-0.2, -0.15) is 0 Å². The summed E-state index contributed by atoms with van der Waals surface area (Å²) >= 11 is 0. The lowest BCUT2D eigenvalue weighted by Gasteiger charge is -2.20. The van der Waals surface area contributed by atoms with Crippen molar-refractivity contribution in [2.75, 3.05) is 13.2 Å². The summed E-state index contributed by atoms with van der Waals surface area (Å²) < 4.78 is 5.47. The highest BCUT2D eigenvalue weighted by atomic mass is 16.5. The molecule has 0 radical (unpaired) electrons. The lowest BCUT2D eigenvalue weighted by Crippen LogP contribution is -2.45. The van der Waals surface area contributed by atoms with Crippen LogP contribution in [-0.2, 0) is 14.3 Å². The van der Waals surface area contributed by atoms with E-state index in [2.05, 4.69) is 19.2 Å². The van der Waals surface area contributed by atoms with Gasteiger partial charge in [-0.05, 0) is 32.1 Å². The molecule has 0 heterocycles. The molecule has 6 heteroatoms. The predicted molar refractivity (Wildman–Crippen MR) is 278 cm³/mol. The van der Waals surface area contributed by atoms with Crippen LogP contribution in [0, 0.1) is 0 Å². The molecule has 0 saturated heterocycles. The lowest BCUT2D eigenvalue weighted by molar-refractivity contribution is -0.143. The molecule has 1 amide bonds. The molecule has 2 atom stereocenters. The summed E-state index contributed by atoms with van der Waals surface area (Å²) in [5, 5.41) is 22.9. The first-order chi connectivity index (χ1) is 31.5. The number of hydrogen-bond donors (Lipinski definition) is 3. The number of hydrogen-bond acceptors (Lipinski definition) is 5. The van der Waals surface area contributed by atoms with Crippen LogP contribution in [0.3, 0.4) is 0 Å². The van der Waals surface area contributed by atoms with E-state index >= 15 is 0 Å². The summed E-state index contributed by atoms with van der Waals surface area (Å²) in [6, 6.07) is -0.622. The number of esters is 1. The minimum atomic E-state index is -0.839. The van der Waals surface area contributed by atoms with Gasteiger partial charge in [0.05, 0.1) is 25.4 Å². The van der Waals surface area contributed by atoms with Crippen molar-refractivity contribution in [3.8, 4) is 0 Å². The lowest BCUT2D eigenvalue weighted by atomic mass is 10.0. The number of aliphatic hydroxyl groups is 2. The first-order valence-corrected chi connectivity index (χ1v) is 29.0. The zero-order valence-electron chi connectivity index (χ0n) is 43.3. The first kappa shape index (κ1) is 62.6. The van der Waals surface area contributed by atoms with E-state index < -0.39 is 12.1 Å². The van der Waals surface area contributed by atoms with Gasteiger partial charge in [0.1, 0.15) is 0 Å². The van der Waals surface area contributed by atoms with E-state index in [0.717, 1.165) is 38.5 Å². The summed E-state index contributed by atoms with van der Waals surface area (Å²) in [6.07, 6.45) is 64.0. The van der Waals surface area contributed by atoms with Gasteiger partial charge < -0.3 is 20.3 Å². The number of unbranched alkanes of at least 4 members (excludes halogenated alkanes) is 43. The Morgan fingerprint density at radius 3 is 1.06 bits per heavy atom. The summed E-state index contributed by atoms with van der Waals surface area (Å²) in [4.78, 5) is 24.4. The third-order valence-electron chi connectivity index (χ3n) is 13.6. The van der Waals surface area contributed by atoms with Crippen molar-refractivity contribution >= 4 is 11.9 Å². The maximum absolute atomic E-state index is 12.4. The molecule has 64 heavy (non-hydrogen) atoms. The highest BCUT2D eigenvalue weighted by molar-refractivity contribution is 5.76. The molecule has 0 bridgehead atoms. The van der Waals surface area contributed by atoms with Gasteiger partial charge in [0.25, 0.3) is 0 Å². The smallest absolute Gasteiger partial charge is 0.305 e. The molecule has 0 aliphatic heterocycles. The van der Waals surface area contributed by atoms with Crippen LogP contribution < -0.4 is 5.32 Å². The van der Waals surface area contributed by atoms with Crippen molar-refractivity contribution in [1.82, 2.24) is 5.32 Å². The molecule has 0 aliphatic carbocycles. The highest BCUT2D eigenvalue weighted by Crippen LogP contribution is 2.18. The Bertz CT molecular complexity index is 955. The van der Waals surface area contributed by atoms with Crippen LogP contribution in [0.1, 0.15) is 322 Å². The Balaban J connectivity index is 3.32. The van der Waals surface area contributed by atoms with E-state index in [9.17, 15) is 19.8 Å². The summed E-state index contributed by atoms with van der Waals surface area (Å²) in [7, 11) is 0. The monoisotopic (exact) mass is 904 g/mol. The minimum Gasteiger partial charge on any atom is -0.466 e. The third-order valence-corrected chi connectivity index (χ3v) is 13.6. The number of aliphatic hydroxyl groups excluding tert-OH is 2. The molecule has 380 valence electrons. The third kappa shape index (κ3) is 50.0. The van der Waals surface area contributed by atoms with E-state index in [1.807, 2.05) is 6.08 Å². The summed E-state index contributed by atoms with van der Waals surface area (Å²) in [5.41, 5.74) is 0. The second-order valence-electron chi connectivity index (χ2n) is 20.0. The fourth-order valence-electron chi connectivity index (χ4n) is 9.11. The average molecular weight is 905 g/mol. The van der Waals surface area contributed by atoms with Crippen molar-refractivity contribution in [3.05, 3.63) is 12.2 Å². The number of allylic oxidation sites excluding steroid dienone is 1. The molecule has 0 aromatic carbocycles. The quantitative estimate of drug-likeness (QED) is 0.0321. The molecular formula is C58H113NO5. The number of carbonyl (C=O) groups excluding carboxylic acids is 2. The van der Waals surface area contributed by atoms with Crippen molar-refractivity contribution in [2.45, 2.75) is 334 Å². The topological polar surface area (TPSA) is 95.9 Å². The van der Waals surface area contributed by atoms with Crippen molar-refractivity contribution in [3.63, 3.8) is 0 Å². The van der Waals surface area contributed by atoms with E-state index in [4.69, 9.17) is 4.74 Å². The zero-order valence-corrected chi connectivity index (χ0v) is 43.3. The molecule has 0 aromatic rings. The van der Waals surface area contributed by atoms with Crippen molar-refractivity contribution < 1.29 is 24.5 Å². The molecule has 0 aliphatic rings. The van der Waals surface area contributed by atoms with Crippen molar-refractivity contribution in [1.29, 1.82) is 0 Å². The van der Waals surface area contributed by atoms with Gasteiger partial charge in [0.15, 0.2) is 0 Å². The average Bonchev–Trinajstić information content (AvgIpc) is 3.29. The Morgan fingerprint density at radius 1 is 0.422 bits per heavy atom. The van der Waals surface area contributed by atoms with Gasteiger partial charge in [0.2, 0.25) is 5.91 Å². The van der Waals surface area contributed by atoms with Crippen LogP contribution >= 0.6 is 0 Å². The summed E-state index contributed by atoms with van der Waals surface area (Å²) in [6.45, 7) is 4.89. The van der Waals surface area contributed by atoms with Gasteiger partial charge in [-0.3, -0.25) is 9.59 Å². The fourth-order valence-corrected chi connectivity index (χ4v) is 9.11. The largest absolute Gasteiger partial charge is 0.466 e. The number of nitrogens with one attached hydrogen (secondary N) is 1. The van der Waals surface area contributed by atoms with Gasteiger partial charge in [0, 0.05) is 12.8 Å². The highest BCUT2D eigenvalue weighted by Gasteiger charge is 2.18. The molecule has 6 nitrogen and oxygen atoms in total. The predicted octanol–water partition coefficient (Wildman–Crippen LogP) is 17.7. The van der Waals surface area contributed by atoms with Crippen LogP contribution in [0.25, 0.3) is 0 Å². The first-order valence-electron chi connectivity index (χ1n) is 29.0. The van der Waals surface area contributed by atoms with E-state index in [-0.39, 0.29) is 18.5 Å². The number of ether oxygens (including phenoxy) is 1. The standard InChI is InChI=1S/C58H113NO5/c1-3-5-7-9-11-13-31-36-40-44-48-52-58(63)64-53-49-45-41-37-33-30-28-26-24-22-20-18-16-14-15-17-19-21-23-25-27-29-32-35-39-43-47-51-57(62)59-55(54-60)56(61)50-46-42-38-34-12-10-8-6-4-2/h46,50,55-56,60-61H,3-45,47-49,51-54H2,1-2H3,(H,59,62)/b50-46+. The molecule has 3 N–H and O–H groups in total. The normalized spacial score (nSPS) is 12.6. The van der Waals surface area contributed by atoms with E-state index in [0.29, 0.717) is 19.4 Å². The molecule has 0 saturated carbocycles. The summed E-state index contributed by atoms with van der Waals surface area (Å²) in [5.74, 6) is -0.0495. The molecule has 0 rings (SSSR count). The molecular weight excluding hydrogens is 791 g/mol. The molecule has 0 aromatic heterocycles. The molecule has 2 unspecified atom stereocenters. The van der Waals surface area contributed by atoms with Gasteiger partial charge in [-0.15, -0.1) is 0 Å². The van der Waals surface area contributed by atoms with Gasteiger partial charge in [-0.25, -0.2) is 0 Å². The minimum absolute atomic E-state index is 0.0174. The van der Waals surface area contributed by atoms with Gasteiger partial charge >= 0.3 is 5.97 Å². The Morgan fingerprint density at radius 2 is 0.719 bits per heavy atom. The second-order valence-corrected chi connectivity index (χ2v) is 20.0. The maximum Gasteiger partial charge on any atom is 0.305 e. The Hall–Kier alpha value is -1.40. The number of amides is 1. The number of rotatable bonds is 54. The number of carbonyl (C=O) groups is 2. The van der Waals surface area contributed by atoms with Crippen LogP contribution in [0.15, 0.2) is 12.2 Å². The maximum atomic E-state index is 12.4. The Kier molecular flexibility index (Phi) is 53.0. The van der Waals surface area contributed by atoms with Crippen LogP contribution in [0.4, 0.5) is 0 Å². The fraction of sp³-hybridized carbons (Fsp3) is 0.931.